The van der Waals surface area contributed by atoms with Gasteiger partial charge in [0.1, 0.15) is 23.9 Å². The van der Waals surface area contributed by atoms with Crippen LogP contribution in [0.1, 0.15) is 20.8 Å². The van der Waals surface area contributed by atoms with Crippen LogP contribution in [-0.4, -0.2) is 24.0 Å². The molecule has 2 aromatic carbocycles. The highest BCUT2D eigenvalue weighted by molar-refractivity contribution is 7.18. The summed E-state index contributed by atoms with van der Waals surface area (Å²) in [7, 11) is 0. The summed E-state index contributed by atoms with van der Waals surface area (Å²) in [6, 6.07) is 15.1. The minimum Gasteiger partial charge on any atom is -0.486 e. The Morgan fingerprint density at radius 3 is 2.69 bits per heavy atom. The number of anilines is 2. The average Bonchev–Trinajstić information content (AvgIpc) is 3.07. The molecule has 3 aromatic rings. The normalized spacial score (nSPS) is 12.6. The number of hydrogen-bond donors (Lipinski definition) is 2. The molecule has 0 aliphatic carbocycles. The Balaban J connectivity index is 1.52. The van der Waals surface area contributed by atoms with Gasteiger partial charge >= 0.3 is 0 Å². The first kappa shape index (κ1) is 16.4. The quantitative estimate of drug-likeness (QED) is 0.673. The lowest BCUT2D eigenvalue weighted by molar-refractivity contribution is 0.104. The van der Waals surface area contributed by atoms with E-state index < -0.39 is 0 Å². The van der Waals surface area contributed by atoms with Crippen LogP contribution in [0.2, 0.25) is 0 Å². The third kappa shape index (κ3) is 3.34. The highest BCUT2D eigenvalue weighted by Gasteiger charge is 2.20. The summed E-state index contributed by atoms with van der Waals surface area (Å²) in [6.07, 6.45) is 0. The number of aromatic nitrogens is 1. The molecule has 1 aliphatic heterocycles. The molecule has 7 heteroatoms. The zero-order valence-electron chi connectivity index (χ0n) is 13.9. The van der Waals surface area contributed by atoms with E-state index in [-0.39, 0.29) is 11.6 Å². The number of nitrogens with two attached hydrogens (primary N) is 1. The van der Waals surface area contributed by atoms with E-state index in [0.29, 0.717) is 46.8 Å². The summed E-state index contributed by atoms with van der Waals surface area (Å²) < 4.78 is 11.0. The van der Waals surface area contributed by atoms with Crippen LogP contribution in [0.4, 0.5) is 10.9 Å². The fourth-order valence-electron chi connectivity index (χ4n) is 2.66. The van der Waals surface area contributed by atoms with Gasteiger partial charge in [-0.05, 0) is 23.8 Å². The Kier molecular flexibility index (Phi) is 4.45. The second kappa shape index (κ2) is 7.05. The molecular weight excluding hydrogens is 350 g/mol. The highest BCUT2D eigenvalue weighted by atomic mass is 32.1. The third-order valence-corrected chi connectivity index (χ3v) is 4.98. The molecule has 0 fully saturated rings. The van der Waals surface area contributed by atoms with Gasteiger partial charge in [0, 0.05) is 12.1 Å². The Morgan fingerprint density at radius 2 is 1.88 bits per heavy atom. The van der Waals surface area contributed by atoms with Crippen molar-refractivity contribution in [1.82, 2.24) is 4.98 Å². The van der Waals surface area contributed by atoms with Crippen molar-refractivity contribution in [1.29, 1.82) is 0 Å². The first-order valence-electron chi connectivity index (χ1n) is 8.19. The van der Waals surface area contributed by atoms with Gasteiger partial charge in [0.15, 0.2) is 16.6 Å². The number of ether oxygens (including phenoxy) is 2. The fraction of sp³-hybridized carbons (Fsp3) is 0.158. The van der Waals surface area contributed by atoms with Gasteiger partial charge in [-0.2, -0.15) is 0 Å². The number of carbonyl (C=O) groups is 1. The van der Waals surface area contributed by atoms with Crippen LogP contribution in [0.25, 0.3) is 0 Å². The van der Waals surface area contributed by atoms with E-state index in [9.17, 15) is 4.79 Å². The van der Waals surface area contributed by atoms with E-state index >= 15 is 0 Å². The molecule has 0 bridgehead atoms. The van der Waals surface area contributed by atoms with Crippen molar-refractivity contribution >= 4 is 28.1 Å². The van der Waals surface area contributed by atoms with Gasteiger partial charge in [0.25, 0.3) is 0 Å². The van der Waals surface area contributed by atoms with Gasteiger partial charge in [-0.1, -0.05) is 41.7 Å². The number of rotatable bonds is 5. The van der Waals surface area contributed by atoms with Crippen LogP contribution < -0.4 is 20.5 Å². The van der Waals surface area contributed by atoms with E-state index in [1.165, 1.54) is 11.3 Å². The van der Waals surface area contributed by atoms with Crippen LogP contribution in [0.15, 0.2) is 48.5 Å². The monoisotopic (exact) mass is 367 g/mol. The maximum Gasteiger partial charge on any atom is 0.206 e. The second-order valence-corrected chi connectivity index (χ2v) is 6.76. The van der Waals surface area contributed by atoms with Crippen molar-refractivity contribution in [2.45, 2.75) is 6.54 Å². The summed E-state index contributed by atoms with van der Waals surface area (Å²) in [5.74, 6) is 1.28. The van der Waals surface area contributed by atoms with E-state index in [2.05, 4.69) is 10.3 Å². The Labute approximate surface area is 154 Å². The molecule has 0 spiro atoms. The maximum atomic E-state index is 12.8. The summed E-state index contributed by atoms with van der Waals surface area (Å²) in [4.78, 5) is 17.5. The first-order chi connectivity index (χ1) is 12.7. The zero-order chi connectivity index (χ0) is 17.9. The van der Waals surface area contributed by atoms with E-state index in [1.807, 2.05) is 30.3 Å². The lowest BCUT2D eigenvalue weighted by Crippen LogP contribution is -2.15. The Hall–Kier alpha value is -3.06. The van der Waals surface area contributed by atoms with Crippen LogP contribution in [0, 0.1) is 0 Å². The molecule has 1 aromatic heterocycles. The average molecular weight is 367 g/mol. The van der Waals surface area contributed by atoms with Crippen molar-refractivity contribution in [3.05, 3.63) is 64.5 Å². The van der Waals surface area contributed by atoms with Crippen molar-refractivity contribution in [2.75, 3.05) is 24.3 Å². The molecule has 2 heterocycles. The van der Waals surface area contributed by atoms with Crippen molar-refractivity contribution in [3.8, 4) is 11.5 Å². The lowest BCUT2D eigenvalue weighted by Gasteiger charge is -2.18. The molecule has 1 aliphatic rings. The van der Waals surface area contributed by atoms with Crippen LogP contribution >= 0.6 is 11.3 Å². The highest BCUT2D eigenvalue weighted by Crippen LogP contribution is 2.33. The molecule has 132 valence electrons. The minimum absolute atomic E-state index is 0.176. The van der Waals surface area contributed by atoms with Crippen molar-refractivity contribution in [2.24, 2.45) is 0 Å². The predicted octanol–water partition coefficient (Wildman–Crippen LogP) is 3.34. The van der Waals surface area contributed by atoms with E-state index in [4.69, 9.17) is 15.2 Å². The number of nitrogens with zero attached hydrogens (tertiary/aromatic N) is 1. The maximum absolute atomic E-state index is 12.8. The molecular formula is C19H17N3O3S. The van der Waals surface area contributed by atoms with Crippen molar-refractivity contribution in [3.63, 3.8) is 0 Å². The number of hydrogen-bond acceptors (Lipinski definition) is 7. The van der Waals surface area contributed by atoms with Crippen LogP contribution in [-0.2, 0) is 6.54 Å². The number of fused-ring (bicyclic) bond motifs is 1. The van der Waals surface area contributed by atoms with Crippen LogP contribution in [0.5, 0.6) is 11.5 Å². The fourth-order valence-corrected chi connectivity index (χ4v) is 3.50. The molecule has 0 unspecified atom stereocenters. The molecule has 3 N–H and O–H groups in total. The topological polar surface area (TPSA) is 86.5 Å². The summed E-state index contributed by atoms with van der Waals surface area (Å²) in [6.45, 7) is 1.60. The van der Waals surface area contributed by atoms with Gasteiger partial charge in [0.05, 0.1) is 0 Å². The molecule has 26 heavy (non-hydrogen) atoms. The number of ketones is 1. The van der Waals surface area contributed by atoms with Gasteiger partial charge < -0.3 is 20.5 Å². The van der Waals surface area contributed by atoms with Crippen molar-refractivity contribution < 1.29 is 14.3 Å². The minimum atomic E-state index is -0.176. The van der Waals surface area contributed by atoms with E-state index in [1.54, 1.807) is 18.2 Å². The summed E-state index contributed by atoms with van der Waals surface area (Å²) >= 11 is 1.25. The first-order valence-corrected chi connectivity index (χ1v) is 9.01. The van der Waals surface area contributed by atoms with Gasteiger partial charge in [-0.25, -0.2) is 4.98 Å². The number of thiazole rings is 1. The zero-order valence-corrected chi connectivity index (χ0v) is 14.7. The number of carbonyl (C=O) groups excluding carboxylic acids is 1. The van der Waals surface area contributed by atoms with E-state index in [0.717, 1.165) is 5.56 Å². The number of nitrogen functional groups attached to an aromatic ring is 1. The Morgan fingerprint density at radius 1 is 1.12 bits per heavy atom. The molecule has 4 rings (SSSR count). The van der Waals surface area contributed by atoms with Crippen LogP contribution in [0.3, 0.4) is 0 Å². The lowest BCUT2D eigenvalue weighted by atomic mass is 10.1. The molecule has 0 saturated carbocycles. The van der Waals surface area contributed by atoms with Gasteiger partial charge in [-0.3, -0.25) is 4.79 Å². The largest absolute Gasteiger partial charge is 0.486 e. The second-order valence-electron chi connectivity index (χ2n) is 5.76. The molecule has 6 nitrogen and oxygen atoms in total. The van der Waals surface area contributed by atoms with Gasteiger partial charge in [-0.15, -0.1) is 0 Å². The third-order valence-electron chi connectivity index (χ3n) is 3.95. The molecule has 0 saturated heterocycles. The smallest absolute Gasteiger partial charge is 0.206 e. The summed E-state index contributed by atoms with van der Waals surface area (Å²) in [5.41, 5.74) is 7.59. The molecule has 0 atom stereocenters. The SMILES string of the molecule is Nc1nc(NCc2ccccc2)sc1C(=O)c1ccc2c(c1)OCCO2. The number of nitrogens with one attached hydrogen (secondary N) is 1. The molecule has 0 radical (unpaired) electrons. The van der Waals surface area contributed by atoms with Gasteiger partial charge in [0.2, 0.25) is 5.78 Å². The summed E-state index contributed by atoms with van der Waals surface area (Å²) in [5, 5.41) is 3.83. The molecule has 0 amide bonds. The standard InChI is InChI=1S/C19H17N3O3S/c20-18-17(26-19(22-18)21-11-12-4-2-1-3-5-12)16(23)13-6-7-14-15(10-13)25-9-8-24-14/h1-7,10H,8-9,11,20H2,(H,21,22). The number of benzene rings is 2. The predicted molar refractivity (Wildman–Crippen MR) is 101 cm³/mol. The Bertz CT molecular complexity index is 940.